The SMILES string of the molecule is CCCNCCCc1ncc(C2COC(C)C2)o1. The molecule has 0 aliphatic carbocycles. The fraction of sp³-hybridized carbons (Fsp3) is 0.786. The van der Waals surface area contributed by atoms with Crippen molar-refractivity contribution in [3.63, 3.8) is 0 Å². The molecule has 1 saturated heterocycles. The highest BCUT2D eigenvalue weighted by atomic mass is 16.5. The zero-order chi connectivity index (χ0) is 12.8. The van der Waals surface area contributed by atoms with Crippen molar-refractivity contribution in [1.29, 1.82) is 0 Å². The normalized spacial score (nSPS) is 23.7. The second kappa shape index (κ2) is 6.90. The van der Waals surface area contributed by atoms with Gasteiger partial charge in [-0.05, 0) is 39.3 Å². The molecule has 102 valence electrons. The zero-order valence-electron chi connectivity index (χ0n) is 11.4. The van der Waals surface area contributed by atoms with Crippen LogP contribution in [0.15, 0.2) is 10.6 Å². The average molecular weight is 252 g/mol. The third-order valence-electron chi connectivity index (χ3n) is 3.34. The van der Waals surface area contributed by atoms with Crippen molar-refractivity contribution in [3.8, 4) is 0 Å². The molecule has 1 N–H and O–H groups in total. The van der Waals surface area contributed by atoms with Crippen LogP contribution in [0.25, 0.3) is 0 Å². The summed E-state index contributed by atoms with van der Waals surface area (Å²) in [5, 5.41) is 3.38. The lowest BCUT2D eigenvalue weighted by Crippen LogP contribution is -2.16. The number of hydrogen-bond donors (Lipinski definition) is 1. The number of hydrogen-bond acceptors (Lipinski definition) is 4. The van der Waals surface area contributed by atoms with Crippen LogP contribution in [0.2, 0.25) is 0 Å². The fourth-order valence-corrected chi connectivity index (χ4v) is 2.31. The second-order valence-corrected chi connectivity index (χ2v) is 5.09. The summed E-state index contributed by atoms with van der Waals surface area (Å²) < 4.78 is 11.4. The van der Waals surface area contributed by atoms with E-state index in [4.69, 9.17) is 9.15 Å². The molecule has 1 aliphatic rings. The van der Waals surface area contributed by atoms with Gasteiger partial charge in [0.15, 0.2) is 5.89 Å². The maximum absolute atomic E-state index is 5.80. The van der Waals surface area contributed by atoms with Gasteiger partial charge < -0.3 is 14.5 Å². The van der Waals surface area contributed by atoms with Crippen LogP contribution < -0.4 is 5.32 Å². The van der Waals surface area contributed by atoms with Crippen LogP contribution in [0.1, 0.15) is 50.7 Å². The topological polar surface area (TPSA) is 47.3 Å². The first-order chi connectivity index (χ1) is 8.79. The van der Waals surface area contributed by atoms with Gasteiger partial charge in [-0.3, -0.25) is 0 Å². The molecule has 0 radical (unpaired) electrons. The molecule has 1 aromatic heterocycles. The smallest absolute Gasteiger partial charge is 0.194 e. The van der Waals surface area contributed by atoms with Crippen molar-refractivity contribution in [1.82, 2.24) is 10.3 Å². The quantitative estimate of drug-likeness (QED) is 0.757. The van der Waals surface area contributed by atoms with Gasteiger partial charge in [-0.2, -0.15) is 0 Å². The van der Waals surface area contributed by atoms with Gasteiger partial charge >= 0.3 is 0 Å². The van der Waals surface area contributed by atoms with Crippen LogP contribution in [0.4, 0.5) is 0 Å². The average Bonchev–Trinajstić information content (AvgIpc) is 2.97. The molecule has 2 rings (SSSR count). The van der Waals surface area contributed by atoms with Gasteiger partial charge in [0.25, 0.3) is 0 Å². The Hall–Kier alpha value is -0.870. The fourth-order valence-electron chi connectivity index (χ4n) is 2.31. The minimum absolute atomic E-state index is 0.349. The zero-order valence-corrected chi connectivity index (χ0v) is 11.4. The molecule has 18 heavy (non-hydrogen) atoms. The van der Waals surface area contributed by atoms with Gasteiger partial charge in [-0.1, -0.05) is 6.92 Å². The second-order valence-electron chi connectivity index (χ2n) is 5.09. The Morgan fingerprint density at radius 1 is 1.44 bits per heavy atom. The molecule has 0 aromatic carbocycles. The Balaban J connectivity index is 1.72. The van der Waals surface area contributed by atoms with E-state index in [-0.39, 0.29) is 0 Å². The van der Waals surface area contributed by atoms with Crippen LogP contribution in [0.3, 0.4) is 0 Å². The highest BCUT2D eigenvalue weighted by Crippen LogP contribution is 2.29. The van der Waals surface area contributed by atoms with Gasteiger partial charge in [-0.15, -0.1) is 0 Å². The molecule has 1 fully saturated rings. The van der Waals surface area contributed by atoms with Crippen LogP contribution in [0, 0.1) is 0 Å². The molecule has 1 aliphatic heterocycles. The minimum atomic E-state index is 0.349. The lowest BCUT2D eigenvalue weighted by Gasteiger charge is -2.02. The monoisotopic (exact) mass is 252 g/mol. The van der Waals surface area contributed by atoms with Crippen LogP contribution in [-0.4, -0.2) is 30.8 Å². The van der Waals surface area contributed by atoms with Crippen molar-refractivity contribution in [2.75, 3.05) is 19.7 Å². The molecule has 4 nitrogen and oxygen atoms in total. The van der Waals surface area contributed by atoms with E-state index < -0.39 is 0 Å². The van der Waals surface area contributed by atoms with Crippen LogP contribution in [-0.2, 0) is 11.2 Å². The van der Waals surface area contributed by atoms with Crippen LogP contribution >= 0.6 is 0 Å². The maximum Gasteiger partial charge on any atom is 0.194 e. The summed E-state index contributed by atoms with van der Waals surface area (Å²) >= 11 is 0. The number of ether oxygens (including phenoxy) is 1. The van der Waals surface area contributed by atoms with Gasteiger partial charge in [0.2, 0.25) is 0 Å². The Bertz CT molecular complexity index is 351. The third kappa shape index (κ3) is 3.82. The van der Waals surface area contributed by atoms with E-state index in [1.165, 1.54) is 6.42 Å². The van der Waals surface area contributed by atoms with E-state index in [0.29, 0.717) is 12.0 Å². The Labute approximate surface area is 109 Å². The highest BCUT2D eigenvalue weighted by molar-refractivity contribution is 5.04. The van der Waals surface area contributed by atoms with E-state index in [0.717, 1.165) is 50.6 Å². The molecule has 0 spiro atoms. The summed E-state index contributed by atoms with van der Waals surface area (Å²) in [6.45, 7) is 7.19. The van der Waals surface area contributed by atoms with Crippen molar-refractivity contribution in [2.24, 2.45) is 0 Å². The van der Waals surface area contributed by atoms with Gasteiger partial charge in [-0.25, -0.2) is 4.98 Å². The summed E-state index contributed by atoms with van der Waals surface area (Å²) in [5.41, 5.74) is 0. The first kappa shape index (κ1) is 13.6. The molecule has 0 amide bonds. The predicted octanol–water partition coefficient (Wildman–Crippen LogP) is 2.50. The van der Waals surface area contributed by atoms with Crippen molar-refractivity contribution >= 4 is 0 Å². The molecular weight excluding hydrogens is 228 g/mol. The lowest BCUT2D eigenvalue weighted by molar-refractivity contribution is 0.122. The number of aromatic nitrogens is 1. The largest absolute Gasteiger partial charge is 0.445 e. The first-order valence-corrected chi connectivity index (χ1v) is 7.06. The van der Waals surface area contributed by atoms with Gasteiger partial charge in [0, 0.05) is 12.3 Å². The number of nitrogens with one attached hydrogen (secondary N) is 1. The summed E-state index contributed by atoms with van der Waals surface area (Å²) in [4.78, 5) is 4.35. The predicted molar refractivity (Wildman–Crippen MR) is 70.8 cm³/mol. The minimum Gasteiger partial charge on any atom is -0.445 e. The standard InChI is InChI=1S/C14H24N2O2/c1-3-6-15-7-4-5-14-16-9-13(18-14)12-8-11(2)17-10-12/h9,11-12,15H,3-8,10H2,1-2H3. The van der Waals surface area contributed by atoms with E-state index in [1.54, 1.807) is 0 Å². The Morgan fingerprint density at radius 3 is 3.06 bits per heavy atom. The van der Waals surface area contributed by atoms with E-state index in [2.05, 4.69) is 24.1 Å². The van der Waals surface area contributed by atoms with E-state index in [1.807, 2.05) is 6.20 Å². The lowest BCUT2D eigenvalue weighted by atomic mass is 10.0. The molecule has 4 heteroatoms. The summed E-state index contributed by atoms with van der Waals surface area (Å²) in [5.74, 6) is 2.26. The number of oxazole rings is 1. The van der Waals surface area contributed by atoms with Crippen molar-refractivity contribution in [3.05, 3.63) is 17.8 Å². The summed E-state index contributed by atoms with van der Waals surface area (Å²) in [6.07, 6.45) is 6.45. The summed E-state index contributed by atoms with van der Waals surface area (Å²) in [7, 11) is 0. The molecule has 2 atom stereocenters. The third-order valence-corrected chi connectivity index (χ3v) is 3.34. The molecule has 1 aromatic rings. The first-order valence-electron chi connectivity index (χ1n) is 7.06. The van der Waals surface area contributed by atoms with E-state index >= 15 is 0 Å². The van der Waals surface area contributed by atoms with E-state index in [9.17, 15) is 0 Å². The number of aryl methyl sites for hydroxylation is 1. The van der Waals surface area contributed by atoms with Gasteiger partial charge in [0.05, 0.1) is 18.9 Å². The number of nitrogens with zero attached hydrogens (tertiary/aromatic N) is 1. The maximum atomic E-state index is 5.80. The van der Waals surface area contributed by atoms with Gasteiger partial charge in [0.1, 0.15) is 5.76 Å². The number of rotatable bonds is 7. The van der Waals surface area contributed by atoms with Crippen LogP contribution in [0.5, 0.6) is 0 Å². The molecular formula is C14H24N2O2. The molecule has 0 bridgehead atoms. The highest BCUT2D eigenvalue weighted by Gasteiger charge is 2.26. The Morgan fingerprint density at radius 2 is 2.33 bits per heavy atom. The van der Waals surface area contributed by atoms with Crippen molar-refractivity contribution in [2.45, 2.75) is 51.6 Å². The Kier molecular flexibility index (Phi) is 5.20. The molecule has 2 heterocycles. The van der Waals surface area contributed by atoms with Crippen molar-refractivity contribution < 1.29 is 9.15 Å². The summed E-state index contributed by atoms with van der Waals surface area (Å²) in [6, 6.07) is 0. The molecule has 0 saturated carbocycles. The molecule has 2 unspecified atom stereocenters.